The molecule has 220 valence electrons. The number of ether oxygens (including phenoxy) is 1. The number of aliphatic carboxylic acids is 1. The minimum atomic E-state index is -0.927. The molecule has 2 unspecified atom stereocenters. The number of carbonyl (C=O) groups is 1. The number of aromatic nitrogens is 1. The van der Waals surface area contributed by atoms with Crippen LogP contribution in [0.25, 0.3) is 10.9 Å². The van der Waals surface area contributed by atoms with Gasteiger partial charge in [-0.3, -0.25) is 4.79 Å². The van der Waals surface area contributed by atoms with Crippen LogP contribution in [0.3, 0.4) is 0 Å². The first kappa shape index (κ1) is 30.9. The van der Waals surface area contributed by atoms with Gasteiger partial charge < -0.3 is 9.84 Å². The van der Waals surface area contributed by atoms with E-state index in [2.05, 4.69) is 30.8 Å². The van der Waals surface area contributed by atoms with Gasteiger partial charge in [-0.1, -0.05) is 83.9 Å². The third-order valence-electron chi connectivity index (χ3n) is 7.87. The summed E-state index contributed by atoms with van der Waals surface area (Å²) in [6.07, 6.45) is 3.50. The second-order valence-corrected chi connectivity index (χ2v) is 12.4. The highest BCUT2D eigenvalue weighted by Gasteiger charge is 2.36. The van der Waals surface area contributed by atoms with Gasteiger partial charge in [-0.05, 0) is 97.3 Å². The second-order valence-electron chi connectivity index (χ2n) is 10.9. The van der Waals surface area contributed by atoms with E-state index in [9.17, 15) is 9.90 Å². The zero-order chi connectivity index (χ0) is 30.2. The number of carboxylic acid groups (broad SMARTS) is 1. The Morgan fingerprint density at radius 2 is 1.49 bits per heavy atom. The molecule has 1 aromatic heterocycles. The topological polar surface area (TPSA) is 59.4 Å². The maximum absolute atomic E-state index is 12.1. The summed E-state index contributed by atoms with van der Waals surface area (Å²) in [7, 11) is 0. The Hall–Kier alpha value is -3.51. The van der Waals surface area contributed by atoms with Crippen molar-refractivity contribution < 1.29 is 14.6 Å². The molecule has 0 aliphatic carbocycles. The molecule has 5 aromatic rings. The summed E-state index contributed by atoms with van der Waals surface area (Å²) < 4.78 is 6.11. The summed E-state index contributed by atoms with van der Waals surface area (Å²) in [5, 5.41) is 11.5. The first-order valence-corrected chi connectivity index (χ1v) is 15.5. The molecule has 2 atom stereocenters. The Balaban J connectivity index is 1.40. The number of hydrogen-bond acceptors (Lipinski definition) is 4. The van der Waals surface area contributed by atoms with Gasteiger partial charge in [-0.2, -0.15) is 12.6 Å². The fourth-order valence-corrected chi connectivity index (χ4v) is 6.21. The van der Waals surface area contributed by atoms with Crippen LogP contribution in [0, 0.1) is 0 Å². The van der Waals surface area contributed by atoms with Crippen molar-refractivity contribution in [2.75, 3.05) is 0 Å². The number of para-hydroxylation sites is 1. The van der Waals surface area contributed by atoms with Crippen LogP contribution in [0.4, 0.5) is 0 Å². The molecule has 43 heavy (non-hydrogen) atoms. The Morgan fingerprint density at radius 3 is 2.16 bits per heavy atom. The average Bonchev–Trinajstić information content (AvgIpc) is 3.02. The Morgan fingerprint density at radius 1 is 0.837 bits per heavy atom. The van der Waals surface area contributed by atoms with Crippen LogP contribution in [0.2, 0.25) is 10.0 Å². The molecular formula is C36H33Cl2NO3S. The molecule has 7 heteroatoms. The van der Waals surface area contributed by atoms with Gasteiger partial charge in [0.1, 0.15) is 17.6 Å². The molecule has 1 heterocycles. The molecule has 4 nitrogen and oxygen atoms in total. The number of benzene rings is 4. The number of thiol groups is 1. The van der Waals surface area contributed by atoms with E-state index in [0.29, 0.717) is 29.5 Å². The maximum atomic E-state index is 12.1. The van der Waals surface area contributed by atoms with Gasteiger partial charge in [0, 0.05) is 20.8 Å². The molecule has 1 N–H and O–H groups in total. The van der Waals surface area contributed by atoms with Gasteiger partial charge in [0.25, 0.3) is 0 Å². The molecule has 0 saturated heterocycles. The minimum absolute atomic E-state index is 0.346. The molecule has 4 aromatic carbocycles. The van der Waals surface area contributed by atoms with Crippen molar-refractivity contribution in [3.8, 4) is 5.75 Å². The quantitative estimate of drug-likeness (QED) is 0.127. The lowest BCUT2D eigenvalue weighted by Crippen LogP contribution is -2.35. The summed E-state index contributed by atoms with van der Waals surface area (Å²) >= 11 is 16.8. The van der Waals surface area contributed by atoms with Crippen LogP contribution in [0.15, 0.2) is 109 Å². The number of aryl methyl sites for hydroxylation is 1. The number of nitrogens with zero attached hydrogens (tertiary/aromatic N) is 1. The Labute approximate surface area is 268 Å². The molecule has 0 saturated carbocycles. The molecule has 0 aliphatic heterocycles. The first-order chi connectivity index (χ1) is 20.8. The highest BCUT2D eigenvalue weighted by atomic mass is 35.5. The average molecular weight is 631 g/mol. The highest BCUT2D eigenvalue weighted by Crippen LogP contribution is 2.40. The number of halogens is 2. The van der Waals surface area contributed by atoms with Crippen molar-refractivity contribution in [3.05, 3.63) is 142 Å². The summed E-state index contributed by atoms with van der Waals surface area (Å²) in [5.41, 5.74) is 4.63. The van der Waals surface area contributed by atoms with E-state index in [1.165, 1.54) is 5.56 Å². The predicted octanol–water partition coefficient (Wildman–Crippen LogP) is 9.40. The second kappa shape index (κ2) is 14.3. The van der Waals surface area contributed by atoms with Crippen LogP contribution in [-0.4, -0.2) is 21.3 Å². The molecule has 0 bridgehead atoms. The largest absolute Gasteiger partial charge is 0.487 e. The van der Waals surface area contributed by atoms with Crippen molar-refractivity contribution in [3.63, 3.8) is 0 Å². The van der Waals surface area contributed by atoms with E-state index in [0.717, 1.165) is 52.7 Å². The van der Waals surface area contributed by atoms with Crippen LogP contribution >= 0.6 is 35.8 Å². The smallest absolute Gasteiger partial charge is 0.316 e. The third-order valence-corrected chi connectivity index (χ3v) is 8.78. The molecule has 0 amide bonds. The zero-order valence-corrected chi connectivity index (χ0v) is 26.0. The Kier molecular flexibility index (Phi) is 10.3. The van der Waals surface area contributed by atoms with Gasteiger partial charge in [0.15, 0.2) is 0 Å². The van der Waals surface area contributed by atoms with Gasteiger partial charge >= 0.3 is 5.97 Å². The molecule has 0 aliphatic rings. The zero-order valence-electron chi connectivity index (χ0n) is 23.6. The number of carboxylic acids is 1. The molecule has 5 rings (SSSR count). The first-order valence-electron chi connectivity index (χ1n) is 14.3. The SMILES string of the molecule is O=C(O)C(S)CC(CCCc1ccc(Cl)cc1)(Cc1ccc(Cl)cc1)c1ccc(OCc2ccc3ccccc3n2)cc1. The van der Waals surface area contributed by atoms with Crippen LogP contribution in [0.1, 0.15) is 41.6 Å². The standard InChI is InChI=1S/C36H33Cl2NO3S/c37-29-14-7-25(8-15-29)4-3-21-36(23-34(43)35(40)41,22-26-9-16-30(38)17-10-26)28-12-19-32(20-13-28)42-24-31-18-11-27-5-1-2-6-33(27)39-31/h1-2,5-20,34,43H,3-4,21-24H2,(H,40,41). The van der Waals surface area contributed by atoms with Gasteiger partial charge in [-0.25, -0.2) is 4.98 Å². The van der Waals surface area contributed by atoms with Gasteiger partial charge in [0.2, 0.25) is 0 Å². The molecular weight excluding hydrogens is 597 g/mol. The molecule has 0 radical (unpaired) electrons. The van der Waals surface area contributed by atoms with Gasteiger partial charge in [0.05, 0.1) is 11.2 Å². The number of pyridine rings is 1. The van der Waals surface area contributed by atoms with Crippen molar-refractivity contribution in [2.45, 2.75) is 49.4 Å². The molecule has 0 fully saturated rings. The predicted molar refractivity (Wildman–Crippen MR) is 179 cm³/mol. The molecule has 0 spiro atoms. The summed E-state index contributed by atoms with van der Waals surface area (Å²) in [6, 6.07) is 35.7. The van der Waals surface area contributed by atoms with Crippen molar-refractivity contribution in [1.29, 1.82) is 0 Å². The fourth-order valence-electron chi connectivity index (χ4n) is 5.61. The van der Waals surface area contributed by atoms with Crippen molar-refractivity contribution in [2.24, 2.45) is 0 Å². The minimum Gasteiger partial charge on any atom is -0.487 e. The van der Waals surface area contributed by atoms with Crippen molar-refractivity contribution >= 4 is 52.7 Å². The van der Waals surface area contributed by atoms with E-state index in [4.69, 9.17) is 32.9 Å². The van der Waals surface area contributed by atoms with E-state index in [-0.39, 0.29) is 0 Å². The van der Waals surface area contributed by atoms with Crippen molar-refractivity contribution in [1.82, 2.24) is 4.98 Å². The van der Waals surface area contributed by atoms with E-state index >= 15 is 0 Å². The monoisotopic (exact) mass is 629 g/mol. The summed E-state index contributed by atoms with van der Waals surface area (Å²) in [6.45, 7) is 0.346. The van der Waals surface area contributed by atoms with Crippen LogP contribution < -0.4 is 4.74 Å². The number of rotatable bonds is 13. The maximum Gasteiger partial charge on any atom is 0.316 e. The highest BCUT2D eigenvalue weighted by molar-refractivity contribution is 7.81. The summed E-state index contributed by atoms with van der Waals surface area (Å²) in [5.74, 6) is -0.203. The van der Waals surface area contributed by atoms with E-state index in [1.807, 2.05) is 91.0 Å². The van der Waals surface area contributed by atoms with Gasteiger partial charge in [-0.15, -0.1) is 0 Å². The lowest BCUT2D eigenvalue weighted by Gasteiger charge is -2.36. The Bertz CT molecular complexity index is 1660. The lowest BCUT2D eigenvalue weighted by atomic mass is 9.69. The third kappa shape index (κ3) is 8.32. The fraction of sp³-hybridized carbons (Fsp3) is 0.222. The van der Waals surface area contributed by atoms with E-state index < -0.39 is 16.6 Å². The number of hydrogen-bond donors (Lipinski definition) is 2. The lowest BCUT2D eigenvalue weighted by molar-refractivity contribution is -0.136. The van der Waals surface area contributed by atoms with Crippen LogP contribution in [0.5, 0.6) is 5.75 Å². The summed E-state index contributed by atoms with van der Waals surface area (Å²) in [4.78, 5) is 16.8. The van der Waals surface area contributed by atoms with Crippen LogP contribution in [-0.2, 0) is 29.7 Å². The normalized spacial score (nSPS) is 13.4. The number of fused-ring (bicyclic) bond motifs is 1. The van der Waals surface area contributed by atoms with E-state index in [1.54, 1.807) is 0 Å².